The second kappa shape index (κ2) is 4.72. The van der Waals surface area contributed by atoms with Crippen LogP contribution in [-0.2, 0) is 11.3 Å². The number of halogens is 1. The normalized spacial score (nSPS) is 24.2. The SMILES string of the molecule is COc1cc(CNC(=O)C2C3Oc4ccc(F)cc4C32)on1. The summed E-state index contributed by atoms with van der Waals surface area (Å²) >= 11 is 0. The molecular weight excluding hydrogens is 291 g/mol. The maximum atomic E-state index is 13.3. The largest absolute Gasteiger partial charge is 0.489 e. The standard InChI is InChI=1S/C15H13FN2O4/c1-20-11-5-8(22-18-11)6-17-15(19)13-12-9-4-7(16)2-3-10(9)21-14(12)13/h2-5,12-14H,6H2,1H3,(H,17,19). The van der Waals surface area contributed by atoms with Crippen molar-refractivity contribution in [2.75, 3.05) is 7.11 Å². The molecule has 3 unspecified atom stereocenters. The molecule has 1 aliphatic heterocycles. The van der Waals surface area contributed by atoms with Crippen LogP contribution in [0.2, 0.25) is 0 Å². The maximum absolute atomic E-state index is 13.3. The van der Waals surface area contributed by atoms with Gasteiger partial charge in [-0.25, -0.2) is 4.39 Å². The Morgan fingerprint density at radius 1 is 1.45 bits per heavy atom. The highest BCUT2D eigenvalue weighted by Gasteiger charge is 2.62. The third-order valence-electron chi connectivity index (χ3n) is 4.03. The minimum atomic E-state index is -0.317. The van der Waals surface area contributed by atoms with Gasteiger partial charge in [-0.05, 0) is 23.4 Å². The van der Waals surface area contributed by atoms with E-state index in [1.165, 1.54) is 19.2 Å². The topological polar surface area (TPSA) is 73.6 Å². The van der Waals surface area contributed by atoms with Crippen molar-refractivity contribution in [3.05, 3.63) is 41.4 Å². The van der Waals surface area contributed by atoms with Crippen molar-refractivity contribution in [2.45, 2.75) is 18.6 Å². The second-order valence-electron chi connectivity index (χ2n) is 5.37. The second-order valence-corrected chi connectivity index (χ2v) is 5.37. The summed E-state index contributed by atoms with van der Waals surface area (Å²) in [6.07, 6.45) is -0.193. The molecule has 114 valence electrons. The Morgan fingerprint density at radius 2 is 2.32 bits per heavy atom. The van der Waals surface area contributed by atoms with Crippen LogP contribution >= 0.6 is 0 Å². The fraction of sp³-hybridized carbons (Fsp3) is 0.333. The van der Waals surface area contributed by atoms with Gasteiger partial charge in [-0.3, -0.25) is 4.79 Å². The van der Waals surface area contributed by atoms with Crippen LogP contribution in [0.15, 0.2) is 28.8 Å². The van der Waals surface area contributed by atoms with Gasteiger partial charge in [-0.15, -0.1) is 0 Å². The monoisotopic (exact) mass is 304 g/mol. The lowest BCUT2D eigenvalue weighted by Crippen LogP contribution is -2.27. The third kappa shape index (κ3) is 2.01. The number of rotatable bonds is 4. The predicted molar refractivity (Wildman–Crippen MR) is 71.9 cm³/mol. The van der Waals surface area contributed by atoms with Crippen LogP contribution in [-0.4, -0.2) is 24.3 Å². The van der Waals surface area contributed by atoms with E-state index < -0.39 is 0 Å². The van der Waals surface area contributed by atoms with Crippen LogP contribution in [0.4, 0.5) is 4.39 Å². The van der Waals surface area contributed by atoms with Gasteiger partial charge in [0.05, 0.1) is 19.6 Å². The van der Waals surface area contributed by atoms with Crippen LogP contribution in [0, 0.1) is 11.7 Å². The Morgan fingerprint density at radius 3 is 3.09 bits per heavy atom. The zero-order chi connectivity index (χ0) is 15.3. The number of benzene rings is 1. The highest BCUT2D eigenvalue weighted by atomic mass is 19.1. The molecule has 1 aromatic heterocycles. The molecule has 4 rings (SSSR count). The summed E-state index contributed by atoms with van der Waals surface area (Å²) in [6.45, 7) is 0.223. The first-order valence-corrected chi connectivity index (χ1v) is 6.91. The summed E-state index contributed by atoms with van der Waals surface area (Å²) in [5, 5.41) is 6.43. The summed E-state index contributed by atoms with van der Waals surface area (Å²) in [6, 6.07) is 6.01. The molecule has 1 saturated carbocycles. The molecule has 2 aliphatic rings. The number of hydrogen-bond donors (Lipinski definition) is 1. The van der Waals surface area contributed by atoms with Crippen LogP contribution in [0.3, 0.4) is 0 Å². The van der Waals surface area contributed by atoms with Crippen LogP contribution in [0.25, 0.3) is 0 Å². The number of nitrogens with zero attached hydrogens (tertiary/aromatic N) is 1. The highest BCUT2D eigenvalue weighted by Crippen LogP contribution is 2.58. The average molecular weight is 304 g/mol. The van der Waals surface area contributed by atoms with Gasteiger partial charge in [0.15, 0.2) is 5.76 Å². The average Bonchev–Trinajstić information content (AvgIpc) is 2.88. The molecule has 1 amide bonds. The lowest BCUT2D eigenvalue weighted by atomic mass is 10.1. The van der Waals surface area contributed by atoms with Gasteiger partial charge >= 0.3 is 0 Å². The van der Waals surface area contributed by atoms with E-state index in [0.717, 1.165) is 5.56 Å². The molecule has 2 heterocycles. The number of carbonyl (C=O) groups is 1. The molecule has 1 aliphatic carbocycles. The summed E-state index contributed by atoms with van der Waals surface area (Å²) in [5.41, 5.74) is 0.770. The Hall–Kier alpha value is -2.57. The lowest BCUT2D eigenvalue weighted by Gasteiger charge is -2.08. The zero-order valence-electron chi connectivity index (χ0n) is 11.7. The van der Waals surface area contributed by atoms with E-state index in [1.807, 2.05) is 0 Å². The van der Waals surface area contributed by atoms with Crippen molar-refractivity contribution in [1.82, 2.24) is 10.5 Å². The fourth-order valence-electron chi connectivity index (χ4n) is 2.91. The number of methoxy groups -OCH3 is 1. The zero-order valence-corrected chi connectivity index (χ0v) is 11.7. The van der Waals surface area contributed by atoms with Crippen LogP contribution in [0.5, 0.6) is 11.6 Å². The first kappa shape index (κ1) is 13.1. The molecule has 0 bridgehead atoms. The molecule has 6 nitrogen and oxygen atoms in total. The van der Waals surface area contributed by atoms with E-state index in [9.17, 15) is 9.18 Å². The van der Waals surface area contributed by atoms with Gasteiger partial charge in [0.25, 0.3) is 5.88 Å². The van der Waals surface area contributed by atoms with Crippen molar-refractivity contribution in [1.29, 1.82) is 0 Å². The maximum Gasteiger partial charge on any atom is 0.254 e. The van der Waals surface area contributed by atoms with E-state index >= 15 is 0 Å². The number of nitrogens with one attached hydrogen (secondary N) is 1. The smallest absolute Gasteiger partial charge is 0.254 e. The van der Waals surface area contributed by atoms with Crippen molar-refractivity contribution in [3.8, 4) is 11.6 Å². The molecule has 1 fully saturated rings. The Balaban J connectivity index is 1.39. The van der Waals surface area contributed by atoms with Crippen molar-refractivity contribution >= 4 is 5.91 Å². The fourth-order valence-corrected chi connectivity index (χ4v) is 2.91. The summed E-state index contributed by atoms with van der Waals surface area (Å²) in [5.74, 6) is 0.737. The minimum Gasteiger partial charge on any atom is -0.489 e. The van der Waals surface area contributed by atoms with E-state index in [2.05, 4.69) is 10.5 Å². The summed E-state index contributed by atoms with van der Waals surface area (Å²) in [7, 11) is 1.49. The molecule has 2 aromatic rings. The molecule has 1 aromatic carbocycles. The predicted octanol–water partition coefficient (Wildman–Crippen LogP) is 1.61. The van der Waals surface area contributed by atoms with Gasteiger partial charge < -0.3 is 19.3 Å². The number of hydrogen-bond acceptors (Lipinski definition) is 5. The van der Waals surface area contributed by atoms with Crippen molar-refractivity contribution < 1.29 is 23.2 Å². The first-order valence-electron chi connectivity index (χ1n) is 6.91. The molecule has 22 heavy (non-hydrogen) atoms. The number of aromatic nitrogens is 1. The Kier molecular flexibility index (Phi) is 2.82. The van der Waals surface area contributed by atoms with E-state index in [0.29, 0.717) is 17.4 Å². The van der Waals surface area contributed by atoms with E-state index in [4.69, 9.17) is 14.0 Å². The van der Waals surface area contributed by atoms with E-state index in [-0.39, 0.29) is 36.2 Å². The summed E-state index contributed by atoms with van der Waals surface area (Å²) in [4.78, 5) is 12.2. The van der Waals surface area contributed by atoms with Gasteiger partial charge in [0.1, 0.15) is 17.7 Å². The number of amides is 1. The van der Waals surface area contributed by atoms with Gasteiger partial charge in [-0.2, -0.15) is 0 Å². The molecule has 7 heteroatoms. The Bertz CT molecular complexity index is 745. The molecule has 0 saturated heterocycles. The van der Waals surface area contributed by atoms with Gasteiger partial charge in [0.2, 0.25) is 5.91 Å². The van der Waals surface area contributed by atoms with Gasteiger partial charge in [0, 0.05) is 17.5 Å². The number of carbonyl (C=O) groups excluding carboxylic acids is 1. The Labute approximate surface area is 125 Å². The number of ether oxygens (including phenoxy) is 2. The molecule has 0 spiro atoms. The molecule has 1 N–H and O–H groups in total. The highest BCUT2D eigenvalue weighted by molar-refractivity contribution is 5.85. The summed E-state index contributed by atoms with van der Waals surface area (Å²) < 4.78 is 28.9. The van der Waals surface area contributed by atoms with Crippen molar-refractivity contribution in [3.63, 3.8) is 0 Å². The molecule has 3 atom stereocenters. The quantitative estimate of drug-likeness (QED) is 0.929. The molecular formula is C15H13FN2O4. The first-order chi connectivity index (χ1) is 10.7. The molecule has 0 radical (unpaired) electrons. The lowest BCUT2D eigenvalue weighted by molar-refractivity contribution is -0.123. The van der Waals surface area contributed by atoms with Crippen LogP contribution in [0.1, 0.15) is 17.2 Å². The van der Waals surface area contributed by atoms with E-state index in [1.54, 1.807) is 12.1 Å². The number of fused-ring (bicyclic) bond motifs is 3. The van der Waals surface area contributed by atoms with Crippen molar-refractivity contribution in [2.24, 2.45) is 5.92 Å². The van der Waals surface area contributed by atoms with Gasteiger partial charge in [-0.1, -0.05) is 0 Å². The third-order valence-corrected chi connectivity index (χ3v) is 4.03. The van der Waals surface area contributed by atoms with Crippen LogP contribution < -0.4 is 14.8 Å². The minimum absolute atomic E-state index is 0.0602.